The van der Waals surface area contributed by atoms with Crippen molar-refractivity contribution in [2.45, 2.75) is 18.8 Å². The molecule has 0 aliphatic heterocycles. The van der Waals surface area contributed by atoms with E-state index < -0.39 is 0 Å². The zero-order valence-electron chi connectivity index (χ0n) is 10.5. The summed E-state index contributed by atoms with van der Waals surface area (Å²) >= 11 is 12.7. The summed E-state index contributed by atoms with van der Waals surface area (Å²) in [4.78, 5) is 4.60. The van der Waals surface area contributed by atoms with E-state index in [-0.39, 0.29) is 5.41 Å². The first-order valence-corrected chi connectivity index (χ1v) is 9.80. The predicted molar refractivity (Wildman–Crippen MR) is 94.0 cm³/mol. The number of nitrogens with zero attached hydrogens (tertiary/aromatic N) is 1. The summed E-state index contributed by atoms with van der Waals surface area (Å²) < 4.78 is 1.12. The molecule has 2 rings (SSSR count). The van der Waals surface area contributed by atoms with E-state index >= 15 is 0 Å². The van der Waals surface area contributed by atoms with Crippen LogP contribution in [-0.2, 0) is 11.8 Å². The van der Waals surface area contributed by atoms with Gasteiger partial charge in [0, 0.05) is 38.0 Å². The molecule has 0 atom stereocenters. The third-order valence-corrected chi connectivity index (χ3v) is 6.71. The van der Waals surface area contributed by atoms with Crippen LogP contribution in [0.5, 0.6) is 0 Å². The zero-order valence-corrected chi connectivity index (χ0v) is 16.1. The van der Waals surface area contributed by atoms with Gasteiger partial charge in [0.2, 0.25) is 0 Å². The Kier molecular flexibility index (Phi) is 5.64. The molecule has 0 amide bonds. The molecule has 1 heterocycles. The SMILES string of the molecule is Cc1csc(CC(CBr)(CBr)c2cccc(Br)c2)n1. The number of hydrogen-bond donors (Lipinski definition) is 0. The highest BCUT2D eigenvalue weighted by Crippen LogP contribution is 2.34. The molecule has 0 aliphatic carbocycles. The number of halogens is 3. The van der Waals surface area contributed by atoms with Crippen molar-refractivity contribution >= 4 is 59.1 Å². The fourth-order valence-corrected chi connectivity index (χ4v) is 5.27. The standard InChI is InChI=1S/C14H14Br3NS/c1-10-7-19-13(18-10)6-14(8-15,9-16)11-3-2-4-12(17)5-11/h2-5,7H,6,8-9H2,1H3. The van der Waals surface area contributed by atoms with Crippen LogP contribution in [0.2, 0.25) is 0 Å². The lowest BCUT2D eigenvalue weighted by atomic mass is 9.82. The van der Waals surface area contributed by atoms with Crippen LogP contribution in [0.4, 0.5) is 0 Å². The van der Waals surface area contributed by atoms with E-state index in [1.807, 2.05) is 6.92 Å². The van der Waals surface area contributed by atoms with E-state index in [1.54, 1.807) is 11.3 Å². The van der Waals surface area contributed by atoms with Gasteiger partial charge in [0.25, 0.3) is 0 Å². The minimum atomic E-state index is 0.0358. The highest BCUT2D eigenvalue weighted by atomic mass is 79.9. The molecule has 0 unspecified atom stereocenters. The molecule has 0 aliphatic rings. The minimum Gasteiger partial charge on any atom is -0.247 e. The molecular formula is C14H14Br3NS. The van der Waals surface area contributed by atoms with Crippen LogP contribution >= 0.6 is 59.1 Å². The van der Waals surface area contributed by atoms with Gasteiger partial charge in [-0.05, 0) is 24.6 Å². The van der Waals surface area contributed by atoms with Gasteiger partial charge in [-0.1, -0.05) is 59.9 Å². The summed E-state index contributed by atoms with van der Waals surface area (Å²) in [5, 5.41) is 5.11. The molecule has 0 bridgehead atoms. The molecular weight excluding hydrogens is 454 g/mol. The van der Waals surface area contributed by atoms with Gasteiger partial charge in [0.15, 0.2) is 0 Å². The van der Waals surface area contributed by atoms with E-state index in [1.165, 1.54) is 10.6 Å². The van der Waals surface area contributed by atoms with Gasteiger partial charge in [0.05, 0.1) is 5.01 Å². The van der Waals surface area contributed by atoms with Crippen LogP contribution in [0, 0.1) is 6.92 Å². The van der Waals surface area contributed by atoms with Crippen molar-refractivity contribution in [1.29, 1.82) is 0 Å². The Morgan fingerprint density at radius 1 is 1.26 bits per heavy atom. The van der Waals surface area contributed by atoms with Crippen LogP contribution in [0.1, 0.15) is 16.3 Å². The van der Waals surface area contributed by atoms with Crippen LogP contribution in [-0.4, -0.2) is 15.6 Å². The average Bonchev–Trinajstić information content (AvgIpc) is 2.81. The molecule has 0 spiro atoms. The van der Waals surface area contributed by atoms with Crippen LogP contribution in [0.25, 0.3) is 0 Å². The Bertz CT molecular complexity index is 549. The van der Waals surface area contributed by atoms with Crippen LogP contribution < -0.4 is 0 Å². The summed E-state index contributed by atoms with van der Waals surface area (Å²) in [5.41, 5.74) is 2.46. The minimum absolute atomic E-state index is 0.0358. The average molecular weight is 468 g/mol. The molecule has 0 radical (unpaired) electrons. The van der Waals surface area contributed by atoms with Crippen molar-refractivity contribution in [1.82, 2.24) is 4.98 Å². The van der Waals surface area contributed by atoms with E-state index in [2.05, 4.69) is 82.4 Å². The molecule has 19 heavy (non-hydrogen) atoms. The number of aryl methyl sites for hydroxylation is 1. The fraction of sp³-hybridized carbons (Fsp3) is 0.357. The summed E-state index contributed by atoms with van der Waals surface area (Å²) in [6.45, 7) is 2.04. The number of benzene rings is 1. The van der Waals surface area contributed by atoms with Crippen molar-refractivity contribution in [3.8, 4) is 0 Å². The third-order valence-electron chi connectivity index (χ3n) is 3.10. The van der Waals surface area contributed by atoms with Gasteiger partial charge in [-0.2, -0.15) is 0 Å². The molecule has 1 aromatic carbocycles. The molecule has 2 aromatic rings. The second-order valence-corrected chi connectivity index (χ2v) is 7.60. The Labute approximate surface area is 143 Å². The number of rotatable bonds is 5. The highest BCUT2D eigenvalue weighted by molar-refractivity contribution is 9.10. The Balaban J connectivity index is 2.37. The van der Waals surface area contributed by atoms with E-state index in [0.29, 0.717) is 0 Å². The van der Waals surface area contributed by atoms with Crippen LogP contribution in [0.3, 0.4) is 0 Å². The largest absolute Gasteiger partial charge is 0.247 e. The first kappa shape index (κ1) is 15.7. The summed E-state index contributed by atoms with van der Waals surface area (Å²) in [6, 6.07) is 8.54. The number of hydrogen-bond acceptors (Lipinski definition) is 2. The monoisotopic (exact) mass is 465 g/mol. The Morgan fingerprint density at radius 2 is 2.00 bits per heavy atom. The second kappa shape index (κ2) is 6.83. The molecule has 0 saturated carbocycles. The number of thiazole rings is 1. The molecule has 0 N–H and O–H groups in total. The third kappa shape index (κ3) is 3.69. The van der Waals surface area contributed by atoms with Gasteiger partial charge >= 0.3 is 0 Å². The fourth-order valence-electron chi connectivity index (χ4n) is 1.98. The predicted octanol–water partition coefficient (Wildman–Crippen LogP) is 5.48. The van der Waals surface area contributed by atoms with Crippen molar-refractivity contribution in [3.05, 3.63) is 50.4 Å². The summed E-state index contributed by atoms with van der Waals surface area (Å²) in [6.07, 6.45) is 0.943. The van der Waals surface area contributed by atoms with Crippen molar-refractivity contribution in [3.63, 3.8) is 0 Å². The maximum atomic E-state index is 4.60. The molecule has 5 heteroatoms. The normalized spacial score (nSPS) is 11.8. The molecule has 102 valence electrons. The maximum Gasteiger partial charge on any atom is 0.0937 e. The van der Waals surface area contributed by atoms with Crippen molar-refractivity contribution in [2.24, 2.45) is 0 Å². The lowest BCUT2D eigenvalue weighted by Crippen LogP contribution is -2.33. The van der Waals surface area contributed by atoms with Gasteiger partial charge in [0.1, 0.15) is 0 Å². The number of alkyl halides is 2. The van der Waals surface area contributed by atoms with Gasteiger partial charge < -0.3 is 0 Å². The smallest absolute Gasteiger partial charge is 0.0937 e. The lowest BCUT2D eigenvalue weighted by Gasteiger charge is -2.30. The topological polar surface area (TPSA) is 12.9 Å². The van der Waals surface area contributed by atoms with E-state index in [0.717, 1.165) is 27.2 Å². The van der Waals surface area contributed by atoms with Crippen molar-refractivity contribution in [2.75, 3.05) is 10.7 Å². The second-order valence-electron chi connectivity index (χ2n) is 4.62. The molecule has 0 fully saturated rings. The molecule has 0 saturated heterocycles. The highest BCUT2D eigenvalue weighted by Gasteiger charge is 2.31. The van der Waals surface area contributed by atoms with Gasteiger partial charge in [-0.3, -0.25) is 0 Å². The Morgan fingerprint density at radius 3 is 2.53 bits per heavy atom. The van der Waals surface area contributed by atoms with Gasteiger partial charge in [-0.15, -0.1) is 11.3 Å². The lowest BCUT2D eigenvalue weighted by molar-refractivity contribution is 0.549. The zero-order chi connectivity index (χ0) is 13.9. The van der Waals surface area contributed by atoms with E-state index in [4.69, 9.17) is 0 Å². The van der Waals surface area contributed by atoms with Crippen LogP contribution in [0.15, 0.2) is 34.1 Å². The molecule has 1 aromatic heterocycles. The maximum absolute atomic E-state index is 4.60. The quantitative estimate of drug-likeness (QED) is 0.530. The first-order valence-electron chi connectivity index (χ1n) is 5.88. The molecule has 1 nitrogen and oxygen atoms in total. The summed E-state index contributed by atoms with van der Waals surface area (Å²) in [5.74, 6) is 0. The van der Waals surface area contributed by atoms with Gasteiger partial charge in [-0.25, -0.2) is 4.98 Å². The van der Waals surface area contributed by atoms with E-state index in [9.17, 15) is 0 Å². The Hall–Kier alpha value is 0.290. The first-order chi connectivity index (χ1) is 9.09. The van der Waals surface area contributed by atoms with Crippen molar-refractivity contribution < 1.29 is 0 Å². The summed E-state index contributed by atoms with van der Waals surface area (Å²) in [7, 11) is 0. The number of aromatic nitrogens is 1.